The van der Waals surface area contributed by atoms with Crippen LogP contribution in [0, 0.1) is 5.92 Å². The van der Waals surface area contributed by atoms with Gasteiger partial charge in [-0.25, -0.2) is 4.98 Å². The molecule has 0 unspecified atom stereocenters. The average molecular weight is 366 g/mol. The summed E-state index contributed by atoms with van der Waals surface area (Å²) in [5, 5.41) is 2.90. The van der Waals surface area contributed by atoms with Crippen LogP contribution in [0.3, 0.4) is 0 Å². The molecular formula is C15H16BrN3O3. The van der Waals surface area contributed by atoms with E-state index in [1.165, 1.54) is 0 Å². The van der Waals surface area contributed by atoms with Crippen molar-refractivity contribution in [3.8, 4) is 0 Å². The van der Waals surface area contributed by atoms with E-state index in [0.717, 1.165) is 17.3 Å². The van der Waals surface area contributed by atoms with Crippen LogP contribution in [-0.2, 0) is 20.7 Å². The summed E-state index contributed by atoms with van der Waals surface area (Å²) in [7, 11) is 0. The van der Waals surface area contributed by atoms with Gasteiger partial charge in [0.2, 0.25) is 5.91 Å². The van der Waals surface area contributed by atoms with Crippen molar-refractivity contribution in [2.24, 2.45) is 5.92 Å². The Hall–Kier alpha value is -1.89. The molecule has 0 aromatic carbocycles. The zero-order valence-electron chi connectivity index (χ0n) is 12.1. The van der Waals surface area contributed by atoms with E-state index in [0.29, 0.717) is 23.8 Å². The topological polar surface area (TPSA) is 72.7 Å². The molecule has 0 bridgehead atoms. The highest BCUT2D eigenvalue weighted by Gasteiger charge is 2.31. The number of nitrogens with zero attached hydrogens (tertiary/aromatic N) is 2. The minimum atomic E-state index is -0.355. The number of ether oxygens (including phenoxy) is 1. The predicted octanol–water partition coefficient (Wildman–Crippen LogP) is 2.55. The quantitative estimate of drug-likeness (QED) is 0.826. The van der Waals surface area contributed by atoms with Gasteiger partial charge in [0.15, 0.2) is 0 Å². The van der Waals surface area contributed by atoms with Crippen molar-refractivity contribution >= 4 is 39.3 Å². The van der Waals surface area contributed by atoms with Crippen molar-refractivity contribution in [2.75, 3.05) is 11.9 Å². The third-order valence-electron chi connectivity index (χ3n) is 3.46. The van der Waals surface area contributed by atoms with Gasteiger partial charge < -0.3 is 10.1 Å². The van der Waals surface area contributed by atoms with Crippen LogP contribution >= 0.6 is 15.9 Å². The molecule has 7 heteroatoms. The molecule has 6 nitrogen and oxygen atoms in total. The second kappa shape index (κ2) is 6.08. The number of esters is 1. The summed E-state index contributed by atoms with van der Waals surface area (Å²) in [6.45, 7) is 2.08. The van der Waals surface area contributed by atoms with Gasteiger partial charge >= 0.3 is 5.97 Å². The Labute approximate surface area is 136 Å². The molecule has 1 aliphatic carbocycles. The van der Waals surface area contributed by atoms with Gasteiger partial charge in [-0.1, -0.05) is 0 Å². The minimum Gasteiger partial charge on any atom is -0.466 e. The molecule has 2 aromatic heterocycles. The number of carbonyl (C=O) groups excluding carboxylic acids is 2. The molecule has 1 N–H and O–H groups in total. The maximum absolute atomic E-state index is 12.1. The lowest BCUT2D eigenvalue weighted by Gasteiger charge is -2.07. The third kappa shape index (κ3) is 3.14. The van der Waals surface area contributed by atoms with Crippen LogP contribution in [0.4, 0.5) is 5.82 Å². The molecule has 0 saturated heterocycles. The molecule has 1 fully saturated rings. The van der Waals surface area contributed by atoms with Crippen LogP contribution in [-0.4, -0.2) is 27.9 Å². The van der Waals surface area contributed by atoms with Crippen molar-refractivity contribution in [2.45, 2.75) is 26.2 Å². The van der Waals surface area contributed by atoms with E-state index in [4.69, 9.17) is 4.74 Å². The van der Waals surface area contributed by atoms with E-state index in [1.54, 1.807) is 11.3 Å². The summed E-state index contributed by atoms with van der Waals surface area (Å²) in [4.78, 5) is 28.3. The Kier molecular flexibility index (Phi) is 4.15. The molecule has 116 valence electrons. The van der Waals surface area contributed by atoms with Crippen LogP contribution in [0.1, 0.15) is 25.5 Å². The molecule has 3 rings (SSSR count). The molecular weight excluding hydrogens is 350 g/mol. The lowest BCUT2D eigenvalue weighted by molar-refractivity contribution is -0.142. The number of carbonyl (C=O) groups is 2. The molecule has 1 amide bonds. The van der Waals surface area contributed by atoms with Gasteiger partial charge in [0.25, 0.3) is 0 Å². The van der Waals surface area contributed by atoms with E-state index >= 15 is 0 Å². The van der Waals surface area contributed by atoms with Crippen LogP contribution in [0.5, 0.6) is 0 Å². The first-order chi connectivity index (χ1) is 10.6. The van der Waals surface area contributed by atoms with Crippen LogP contribution in [0.2, 0.25) is 0 Å². The monoisotopic (exact) mass is 365 g/mol. The van der Waals surface area contributed by atoms with Gasteiger partial charge in [-0.15, -0.1) is 0 Å². The van der Waals surface area contributed by atoms with Gasteiger partial charge in [-0.05, 0) is 47.8 Å². The summed E-state index contributed by atoms with van der Waals surface area (Å²) in [5.74, 6) is 0.244. The standard InChI is InChI=1S/C15H16BrN3O3/c1-2-22-13(20)7-11-14(18-15(21)9-3-4-9)19-8-10(16)5-6-12(19)17-11/h5-6,8-9H,2-4,7H2,1H3,(H,18,21). The first kappa shape index (κ1) is 15.0. The normalized spacial score (nSPS) is 14.1. The summed E-state index contributed by atoms with van der Waals surface area (Å²) in [6.07, 6.45) is 3.69. The van der Waals surface area contributed by atoms with Crippen molar-refractivity contribution in [1.82, 2.24) is 9.38 Å². The molecule has 0 spiro atoms. The number of aromatic nitrogens is 2. The fraction of sp³-hybridized carbons (Fsp3) is 0.400. The predicted molar refractivity (Wildman–Crippen MR) is 84.6 cm³/mol. The highest BCUT2D eigenvalue weighted by Crippen LogP contribution is 2.31. The third-order valence-corrected chi connectivity index (χ3v) is 3.93. The zero-order valence-corrected chi connectivity index (χ0v) is 13.7. The SMILES string of the molecule is CCOC(=O)Cc1nc2ccc(Br)cn2c1NC(=O)C1CC1. The second-order valence-electron chi connectivity index (χ2n) is 5.23. The number of fused-ring (bicyclic) bond motifs is 1. The first-order valence-electron chi connectivity index (χ1n) is 7.21. The molecule has 1 aliphatic rings. The van der Waals surface area contributed by atoms with E-state index < -0.39 is 0 Å². The van der Waals surface area contributed by atoms with Gasteiger partial charge in [0.05, 0.1) is 18.7 Å². The van der Waals surface area contributed by atoms with Gasteiger partial charge in [0.1, 0.15) is 11.5 Å². The largest absolute Gasteiger partial charge is 0.466 e. The highest BCUT2D eigenvalue weighted by atomic mass is 79.9. The number of halogens is 1. The number of nitrogens with one attached hydrogen (secondary N) is 1. The number of anilines is 1. The van der Waals surface area contributed by atoms with Gasteiger partial charge in [0, 0.05) is 16.6 Å². The smallest absolute Gasteiger partial charge is 0.312 e. The Balaban J connectivity index is 1.97. The molecule has 22 heavy (non-hydrogen) atoms. The maximum atomic E-state index is 12.1. The fourth-order valence-electron chi connectivity index (χ4n) is 2.24. The summed E-state index contributed by atoms with van der Waals surface area (Å²) < 4.78 is 7.61. The number of hydrogen-bond acceptors (Lipinski definition) is 4. The molecule has 2 heterocycles. The van der Waals surface area contributed by atoms with Crippen LogP contribution in [0.15, 0.2) is 22.8 Å². The van der Waals surface area contributed by atoms with Gasteiger partial charge in [-0.3, -0.25) is 14.0 Å². The van der Waals surface area contributed by atoms with Crippen molar-refractivity contribution < 1.29 is 14.3 Å². The maximum Gasteiger partial charge on any atom is 0.312 e. The number of amides is 1. The minimum absolute atomic E-state index is 0.0214. The van der Waals surface area contributed by atoms with Gasteiger partial charge in [-0.2, -0.15) is 0 Å². The number of rotatable bonds is 5. The lowest BCUT2D eigenvalue weighted by Crippen LogP contribution is -2.17. The Bertz CT molecular complexity index is 737. The number of hydrogen-bond donors (Lipinski definition) is 1. The summed E-state index contributed by atoms with van der Waals surface area (Å²) in [5.41, 5.74) is 1.19. The van der Waals surface area contributed by atoms with Crippen LogP contribution < -0.4 is 5.32 Å². The average Bonchev–Trinajstić information content (AvgIpc) is 3.26. The Morgan fingerprint density at radius 1 is 1.45 bits per heavy atom. The molecule has 0 atom stereocenters. The fourth-order valence-corrected chi connectivity index (χ4v) is 2.57. The lowest BCUT2D eigenvalue weighted by atomic mass is 10.3. The Morgan fingerprint density at radius 2 is 2.23 bits per heavy atom. The van der Waals surface area contributed by atoms with Crippen LogP contribution in [0.25, 0.3) is 5.65 Å². The summed E-state index contributed by atoms with van der Waals surface area (Å²) >= 11 is 3.41. The molecule has 0 aliphatic heterocycles. The second-order valence-corrected chi connectivity index (χ2v) is 6.14. The van der Waals surface area contributed by atoms with E-state index in [2.05, 4.69) is 26.2 Å². The molecule has 1 saturated carbocycles. The first-order valence-corrected chi connectivity index (χ1v) is 8.00. The van der Waals surface area contributed by atoms with E-state index in [9.17, 15) is 9.59 Å². The number of imidazole rings is 1. The summed E-state index contributed by atoms with van der Waals surface area (Å²) in [6, 6.07) is 3.69. The number of pyridine rings is 1. The molecule has 0 radical (unpaired) electrons. The van der Waals surface area contributed by atoms with Crippen molar-refractivity contribution in [1.29, 1.82) is 0 Å². The molecule has 2 aromatic rings. The van der Waals surface area contributed by atoms with Crippen molar-refractivity contribution in [3.05, 3.63) is 28.5 Å². The zero-order chi connectivity index (χ0) is 15.7. The Morgan fingerprint density at radius 3 is 2.91 bits per heavy atom. The van der Waals surface area contributed by atoms with E-state index in [1.807, 2.05) is 18.3 Å². The van der Waals surface area contributed by atoms with Crippen molar-refractivity contribution in [3.63, 3.8) is 0 Å². The van der Waals surface area contributed by atoms with E-state index in [-0.39, 0.29) is 24.2 Å². The highest BCUT2D eigenvalue weighted by molar-refractivity contribution is 9.10.